The number of anilines is 1. The van der Waals surface area contributed by atoms with E-state index >= 15 is 0 Å². The molecule has 0 radical (unpaired) electrons. The number of hydrogen-bond donors (Lipinski definition) is 1. The number of nitrogens with zero attached hydrogens (tertiary/aromatic N) is 3. The van der Waals surface area contributed by atoms with Gasteiger partial charge in [-0.2, -0.15) is 5.10 Å². The lowest BCUT2D eigenvalue weighted by atomic mass is 10.0. The molecule has 1 aliphatic heterocycles. The van der Waals surface area contributed by atoms with E-state index in [2.05, 4.69) is 10.4 Å². The predicted molar refractivity (Wildman–Crippen MR) is 109 cm³/mol. The molecule has 0 bridgehead atoms. The molecule has 29 heavy (non-hydrogen) atoms. The topological polar surface area (TPSA) is 80.4 Å². The molecule has 1 fully saturated rings. The van der Waals surface area contributed by atoms with Gasteiger partial charge in [0.1, 0.15) is 12.1 Å². The third-order valence-electron chi connectivity index (χ3n) is 5.42. The van der Waals surface area contributed by atoms with Gasteiger partial charge in [-0.1, -0.05) is 25.1 Å². The van der Waals surface area contributed by atoms with Crippen LogP contribution in [-0.2, 0) is 6.42 Å². The van der Waals surface area contributed by atoms with E-state index in [1.807, 2.05) is 46.8 Å². The molecule has 7 heteroatoms. The molecule has 1 aromatic carbocycles. The van der Waals surface area contributed by atoms with Crippen molar-refractivity contribution >= 4 is 17.6 Å². The van der Waals surface area contributed by atoms with Crippen LogP contribution in [0.4, 0.5) is 5.82 Å². The summed E-state index contributed by atoms with van der Waals surface area (Å²) in [5.74, 6) is 0.541. The SMILES string of the molecule is CCc1ccccc1C(=O)Nc1ccnn1C1CCN(C(=O)c2ccoc2)CC1. The maximum atomic E-state index is 12.8. The fraction of sp³-hybridized carbons (Fsp3) is 0.318. The second-order valence-electron chi connectivity index (χ2n) is 7.16. The van der Waals surface area contributed by atoms with E-state index in [0.29, 0.717) is 30.0 Å². The van der Waals surface area contributed by atoms with Crippen LogP contribution < -0.4 is 5.32 Å². The lowest BCUT2D eigenvalue weighted by molar-refractivity contribution is 0.0690. The molecule has 0 saturated carbocycles. The predicted octanol–water partition coefficient (Wildman–Crippen LogP) is 3.77. The highest BCUT2D eigenvalue weighted by Crippen LogP contribution is 2.26. The Morgan fingerprint density at radius 3 is 2.69 bits per heavy atom. The summed E-state index contributed by atoms with van der Waals surface area (Å²) >= 11 is 0. The van der Waals surface area contributed by atoms with Crippen LogP contribution in [0.2, 0.25) is 0 Å². The van der Waals surface area contributed by atoms with Gasteiger partial charge in [-0.05, 0) is 37.0 Å². The first-order chi connectivity index (χ1) is 14.2. The van der Waals surface area contributed by atoms with Gasteiger partial charge in [-0.15, -0.1) is 0 Å². The second kappa shape index (κ2) is 8.34. The zero-order valence-corrected chi connectivity index (χ0v) is 16.4. The van der Waals surface area contributed by atoms with Crippen molar-refractivity contribution in [3.63, 3.8) is 0 Å². The Bertz CT molecular complexity index is 985. The van der Waals surface area contributed by atoms with Crippen molar-refractivity contribution in [2.24, 2.45) is 0 Å². The van der Waals surface area contributed by atoms with Crippen molar-refractivity contribution in [3.8, 4) is 0 Å². The monoisotopic (exact) mass is 392 g/mol. The summed E-state index contributed by atoms with van der Waals surface area (Å²) in [7, 11) is 0. The van der Waals surface area contributed by atoms with Gasteiger partial charge >= 0.3 is 0 Å². The Morgan fingerprint density at radius 2 is 1.97 bits per heavy atom. The largest absolute Gasteiger partial charge is 0.472 e. The summed E-state index contributed by atoms with van der Waals surface area (Å²) < 4.78 is 6.88. The van der Waals surface area contributed by atoms with E-state index in [1.54, 1.807) is 12.3 Å². The Labute approximate surface area is 169 Å². The van der Waals surface area contributed by atoms with E-state index in [-0.39, 0.29) is 17.9 Å². The number of aryl methyl sites for hydroxylation is 1. The van der Waals surface area contributed by atoms with Gasteiger partial charge in [0.05, 0.1) is 24.1 Å². The van der Waals surface area contributed by atoms with E-state index in [4.69, 9.17) is 4.42 Å². The zero-order chi connectivity index (χ0) is 20.2. The van der Waals surface area contributed by atoms with E-state index in [0.717, 1.165) is 24.8 Å². The molecule has 0 aliphatic carbocycles. The van der Waals surface area contributed by atoms with Crippen molar-refractivity contribution in [1.82, 2.24) is 14.7 Å². The fourth-order valence-electron chi connectivity index (χ4n) is 3.82. The molecule has 2 amide bonds. The first-order valence-corrected chi connectivity index (χ1v) is 9.91. The lowest BCUT2D eigenvalue weighted by Crippen LogP contribution is -2.39. The summed E-state index contributed by atoms with van der Waals surface area (Å²) in [6, 6.07) is 11.3. The molecule has 1 saturated heterocycles. The number of carbonyl (C=O) groups is 2. The molecule has 150 valence electrons. The molecule has 4 rings (SSSR count). The van der Waals surface area contributed by atoms with Crippen molar-refractivity contribution in [2.75, 3.05) is 18.4 Å². The van der Waals surface area contributed by atoms with E-state index < -0.39 is 0 Å². The van der Waals surface area contributed by atoms with Gasteiger partial charge in [-0.25, -0.2) is 4.68 Å². The summed E-state index contributed by atoms with van der Waals surface area (Å²) in [4.78, 5) is 27.1. The molecule has 3 aromatic rings. The van der Waals surface area contributed by atoms with E-state index in [1.165, 1.54) is 12.5 Å². The Kier molecular flexibility index (Phi) is 5.46. The molecule has 0 unspecified atom stereocenters. The van der Waals surface area contributed by atoms with Gasteiger partial charge in [-0.3, -0.25) is 9.59 Å². The molecule has 0 atom stereocenters. The van der Waals surface area contributed by atoms with Crippen LogP contribution in [0.5, 0.6) is 0 Å². The van der Waals surface area contributed by atoms with Crippen LogP contribution in [0.25, 0.3) is 0 Å². The average Bonchev–Trinajstić information content (AvgIpc) is 3.45. The van der Waals surface area contributed by atoms with E-state index in [9.17, 15) is 9.59 Å². The Morgan fingerprint density at radius 1 is 1.17 bits per heavy atom. The highest BCUT2D eigenvalue weighted by atomic mass is 16.3. The third-order valence-corrected chi connectivity index (χ3v) is 5.42. The number of carbonyl (C=O) groups excluding carboxylic acids is 2. The minimum Gasteiger partial charge on any atom is -0.472 e. The van der Waals surface area contributed by atoms with Crippen LogP contribution in [-0.4, -0.2) is 39.6 Å². The maximum Gasteiger partial charge on any atom is 0.257 e. The molecule has 2 aromatic heterocycles. The Balaban J connectivity index is 1.42. The first kappa shape index (κ1) is 19.0. The van der Waals surface area contributed by atoms with Crippen LogP contribution >= 0.6 is 0 Å². The summed E-state index contributed by atoms with van der Waals surface area (Å²) in [5.41, 5.74) is 2.27. The van der Waals surface area contributed by atoms with Crippen LogP contribution in [0.1, 0.15) is 52.1 Å². The van der Waals surface area contributed by atoms with Gasteiger partial charge in [0, 0.05) is 24.7 Å². The van der Waals surface area contributed by atoms with Crippen LogP contribution in [0.3, 0.4) is 0 Å². The van der Waals surface area contributed by atoms with Gasteiger partial charge in [0.25, 0.3) is 11.8 Å². The zero-order valence-electron chi connectivity index (χ0n) is 16.4. The van der Waals surface area contributed by atoms with Gasteiger partial charge in [0.15, 0.2) is 0 Å². The minimum absolute atomic E-state index is 0.0117. The smallest absolute Gasteiger partial charge is 0.257 e. The van der Waals surface area contributed by atoms with Crippen molar-refractivity contribution in [3.05, 3.63) is 71.8 Å². The molecular weight excluding hydrogens is 368 g/mol. The maximum absolute atomic E-state index is 12.8. The fourth-order valence-corrected chi connectivity index (χ4v) is 3.82. The second-order valence-corrected chi connectivity index (χ2v) is 7.16. The quantitative estimate of drug-likeness (QED) is 0.717. The Hall–Kier alpha value is -3.35. The van der Waals surface area contributed by atoms with Crippen molar-refractivity contribution in [1.29, 1.82) is 0 Å². The number of aromatic nitrogens is 2. The van der Waals surface area contributed by atoms with Crippen LogP contribution in [0.15, 0.2) is 59.5 Å². The number of benzene rings is 1. The lowest BCUT2D eigenvalue weighted by Gasteiger charge is -2.32. The minimum atomic E-state index is -0.128. The molecular formula is C22H24N4O3. The van der Waals surface area contributed by atoms with Crippen molar-refractivity contribution < 1.29 is 14.0 Å². The van der Waals surface area contributed by atoms with Crippen molar-refractivity contribution in [2.45, 2.75) is 32.2 Å². The number of rotatable bonds is 5. The van der Waals surface area contributed by atoms with Gasteiger partial charge < -0.3 is 14.6 Å². The summed E-state index contributed by atoms with van der Waals surface area (Å²) in [6.07, 6.45) is 7.04. The number of likely N-dealkylation sites (tertiary alicyclic amines) is 1. The number of amides is 2. The molecule has 3 heterocycles. The van der Waals surface area contributed by atoms with Crippen LogP contribution in [0, 0.1) is 0 Å². The standard InChI is InChI=1S/C22H24N4O3/c1-2-16-5-3-4-6-19(16)21(27)24-20-7-11-23-26(20)18-8-12-25(13-9-18)22(28)17-10-14-29-15-17/h3-7,10-11,14-15,18H,2,8-9,12-13H2,1H3,(H,24,27). The van der Waals surface area contributed by atoms with Gasteiger partial charge in [0.2, 0.25) is 0 Å². The first-order valence-electron chi connectivity index (χ1n) is 9.91. The molecule has 7 nitrogen and oxygen atoms in total. The summed E-state index contributed by atoms with van der Waals surface area (Å²) in [6.45, 7) is 3.32. The average molecular weight is 392 g/mol. The molecule has 0 spiro atoms. The number of furan rings is 1. The number of nitrogens with one attached hydrogen (secondary N) is 1. The highest BCUT2D eigenvalue weighted by Gasteiger charge is 2.27. The molecule has 1 aliphatic rings. The number of piperidine rings is 1. The highest BCUT2D eigenvalue weighted by molar-refractivity contribution is 6.04. The summed E-state index contributed by atoms with van der Waals surface area (Å²) in [5, 5.41) is 7.44. The normalized spacial score (nSPS) is 14.7. The number of hydrogen-bond acceptors (Lipinski definition) is 4. The third kappa shape index (κ3) is 3.94. The molecule has 1 N–H and O–H groups in total.